The number of allylic oxidation sites excluding steroid dienone is 2. The molecule has 0 bridgehead atoms. The predicted octanol–water partition coefficient (Wildman–Crippen LogP) is 4.32. The molecule has 0 N–H and O–H groups in total. The van der Waals surface area contributed by atoms with E-state index in [0.717, 1.165) is 11.8 Å². The van der Waals surface area contributed by atoms with Gasteiger partial charge in [0.25, 0.3) is 0 Å². The fourth-order valence-corrected chi connectivity index (χ4v) is 7.90. The number of fused-ring (bicyclic) bond motifs is 1. The van der Waals surface area contributed by atoms with Crippen LogP contribution in [0.15, 0.2) is 11.6 Å². The Labute approximate surface area is 93.0 Å². The molecule has 2 aliphatic rings. The van der Waals surface area contributed by atoms with Gasteiger partial charge < -0.3 is 0 Å². The maximum atomic E-state index is 2.65. The number of hydrogen-bond donors (Lipinski definition) is 0. The molecule has 0 aromatic carbocycles. The van der Waals surface area contributed by atoms with Crippen LogP contribution in [0.5, 0.6) is 0 Å². The van der Waals surface area contributed by atoms with Crippen LogP contribution in [0.4, 0.5) is 0 Å². The fourth-order valence-electron chi connectivity index (χ4n) is 3.18. The van der Waals surface area contributed by atoms with Crippen molar-refractivity contribution in [2.45, 2.75) is 45.9 Å². The van der Waals surface area contributed by atoms with Crippen molar-refractivity contribution in [1.29, 1.82) is 0 Å². The van der Waals surface area contributed by atoms with Crippen molar-refractivity contribution >= 4 is 18.4 Å². The molecule has 0 aromatic heterocycles. The molecule has 2 unspecified atom stereocenters. The van der Waals surface area contributed by atoms with E-state index in [4.69, 9.17) is 0 Å². The van der Waals surface area contributed by atoms with Crippen molar-refractivity contribution < 1.29 is 0 Å². The van der Waals surface area contributed by atoms with Gasteiger partial charge in [-0.25, -0.2) is 0 Å². The SMILES string of the molecule is CC1(C)C2C=C([CH2][Sn]([CH3])([CH3])[CH3])CCC21. The van der Waals surface area contributed by atoms with Gasteiger partial charge in [0.1, 0.15) is 0 Å². The van der Waals surface area contributed by atoms with E-state index in [0.29, 0.717) is 5.41 Å². The van der Waals surface area contributed by atoms with Gasteiger partial charge in [-0.2, -0.15) is 0 Å². The predicted molar refractivity (Wildman–Crippen MR) is 66.2 cm³/mol. The zero-order chi connectivity index (χ0) is 10.6. The zero-order valence-electron chi connectivity index (χ0n) is 10.4. The first-order valence-corrected chi connectivity index (χ1v) is 16.6. The first kappa shape index (κ1) is 11.0. The third kappa shape index (κ3) is 2.05. The fraction of sp³-hybridized carbons (Fsp3) is 0.846. The Morgan fingerprint density at radius 2 is 2.00 bits per heavy atom. The second-order valence-corrected chi connectivity index (χ2v) is 22.7. The molecule has 0 amide bonds. The molecule has 0 radical (unpaired) electrons. The maximum absolute atomic E-state index is 2.65. The Morgan fingerprint density at radius 3 is 2.50 bits per heavy atom. The second-order valence-electron chi connectivity index (χ2n) is 7.05. The molecule has 0 spiro atoms. The summed E-state index contributed by atoms with van der Waals surface area (Å²) >= 11 is -1.56. The van der Waals surface area contributed by atoms with Crippen LogP contribution < -0.4 is 0 Å². The van der Waals surface area contributed by atoms with E-state index in [1.807, 2.05) is 5.57 Å². The molecular weight excluding hydrogens is 275 g/mol. The van der Waals surface area contributed by atoms with Crippen molar-refractivity contribution in [1.82, 2.24) is 0 Å². The molecule has 14 heavy (non-hydrogen) atoms. The summed E-state index contributed by atoms with van der Waals surface area (Å²) in [6, 6.07) is 0. The molecule has 0 aliphatic heterocycles. The zero-order valence-corrected chi connectivity index (χ0v) is 13.2. The van der Waals surface area contributed by atoms with Crippen molar-refractivity contribution in [3.8, 4) is 0 Å². The molecule has 1 saturated carbocycles. The van der Waals surface area contributed by atoms with Crippen LogP contribution in [0, 0.1) is 17.3 Å². The van der Waals surface area contributed by atoms with Crippen LogP contribution in [0.25, 0.3) is 0 Å². The van der Waals surface area contributed by atoms with E-state index in [1.165, 1.54) is 17.3 Å². The average molecular weight is 299 g/mol. The first-order chi connectivity index (χ1) is 6.31. The van der Waals surface area contributed by atoms with Crippen LogP contribution in [-0.4, -0.2) is 18.4 Å². The van der Waals surface area contributed by atoms with Gasteiger partial charge in [-0.15, -0.1) is 0 Å². The number of rotatable bonds is 2. The van der Waals surface area contributed by atoms with Gasteiger partial charge in [0.05, 0.1) is 0 Å². The summed E-state index contributed by atoms with van der Waals surface area (Å²) in [5.74, 6) is 1.97. The van der Waals surface area contributed by atoms with Crippen molar-refractivity contribution in [3.63, 3.8) is 0 Å². The second kappa shape index (κ2) is 3.26. The van der Waals surface area contributed by atoms with Gasteiger partial charge in [0, 0.05) is 0 Å². The van der Waals surface area contributed by atoms with E-state index in [9.17, 15) is 0 Å². The summed E-state index contributed by atoms with van der Waals surface area (Å²) in [5, 5.41) is 0. The third-order valence-corrected chi connectivity index (χ3v) is 8.41. The van der Waals surface area contributed by atoms with Gasteiger partial charge in [0.2, 0.25) is 0 Å². The van der Waals surface area contributed by atoms with Crippen molar-refractivity contribution in [2.75, 3.05) is 0 Å². The third-order valence-electron chi connectivity index (χ3n) is 4.09. The van der Waals surface area contributed by atoms with Crippen molar-refractivity contribution in [2.24, 2.45) is 17.3 Å². The normalized spacial score (nSPS) is 34.8. The minimum absolute atomic E-state index is 0.648. The summed E-state index contributed by atoms with van der Waals surface area (Å²) in [7, 11) is 0. The average Bonchev–Trinajstić information content (AvgIpc) is 2.51. The van der Waals surface area contributed by atoms with Gasteiger partial charge in [-0.3, -0.25) is 0 Å². The van der Waals surface area contributed by atoms with E-state index in [1.54, 1.807) is 0 Å². The van der Waals surface area contributed by atoms with Crippen LogP contribution >= 0.6 is 0 Å². The van der Waals surface area contributed by atoms with E-state index < -0.39 is 18.4 Å². The Bertz CT molecular complexity index is 267. The molecule has 0 saturated heterocycles. The van der Waals surface area contributed by atoms with Crippen LogP contribution in [-0.2, 0) is 0 Å². The molecule has 0 nitrogen and oxygen atoms in total. The topological polar surface area (TPSA) is 0 Å². The summed E-state index contributed by atoms with van der Waals surface area (Å²) in [4.78, 5) is 7.67. The monoisotopic (exact) mass is 300 g/mol. The van der Waals surface area contributed by atoms with E-state index in [2.05, 4.69) is 34.7 Å². The van der Waals surface area contributed by atoms with Crippen LogP contribution in [0.1, 0.15) is 26.7 Å². The quantitative estimate of drug-likeness (QED) is 0.526. The Kier molecular flexibility index (Phi) is 2.57. The van der Waals surface area contributed by atoms with Gasteiger partial charge >= 0.3 is 93.2 Å². The van der Waals surface area contributed by atoms with Gasteiger partial charge in [-0.05, 0) is 0 Å². The van der Waals surface area contributed by atoms with Crippen LogP contribution in [0.3, 0.4) is 0 Å². The molecule has 2 rings (SSSR count). The molecule has 1 fully saturated rings. The van der Waals surface area contributed by atoms with E-state index in [-0.39, 0.29) is 0 Å². The van der Waals surface area contributed by atoms with Gasteiger partial charge in [-0.1, -0.05) is 0 Å². The first-order valence-electron chi connectivity index (χ1n) is 6.00. The summed E-state index contributed by atoms with van der Waals surface area (Å²) in [6.07, 6.45) is 5.54. The van der Waals surface area contributed by atoms with Gasteiger partial charge in [0.15, 0.2) is 0 Å². The molecule has 2 aliphatic carbocycles. The Morgan fingerprint density at radius 1 is 1.36 bits per heavy atom. The van der Waals surface area contributed by atoms with Crippen LogP contribution in [0.2, 0.25) is 19.3 Å². The summed E-state index contributed by atoms with van der Waals surface area (Å²) < 4.78 is 1.51. The summed E-state index contributed by atoms with van der Waals surface area (Å²) in [6.45, 7) is 4.89. The van der Waals surface area contributed by atoms with Crippen molar-refractivity contribution in [3.05, 3.63) is 11.6 Å². The number of hydrogen-bond acceptors (Lipinski definition) is 0. The molecule has 1 heteroatoms. The Balaban J connectivity index is 2.03. The molecule has 0 aromatic rings. The summed E-state index contributed by atoms with van der Waals surface area (Å²) in [5.41, 5.74) is 2.47. The molecular formula is C13H24Sn. The molecule has 0 heterocycles. The molecule has 2 atom stereocenters. The molecule has 80 valence electrons. The Hall–Kier alpha value is 0.539. The van der Waals surface area contributed by atoms with E-state index >= 15 is 0 Å². The minimum atomic E-state index is -1.56. The standard InChI is InChI=1S/C10H15.3CH3.Sn/c1-7-4-5-8-9(6-7)10(8,2)3;;;;/h6,8-9H,1,4-5H2,2-3H3;3*1H3;.